The normalized spacial score (nSPS) is 13.5. The molecule has 1 aliphatic heterocycles. The van der Waals surface area contributed by atoms with Crippen molar-refractivity contribution >= 4 is 29.2 Å². The standard InChI is InChI=1S/C21H20ClN3O4/c22-17-6-2-3-7-18(17)24-9-11-25(12-10-24)20(26)14-29-21(27)15-28-19-8-4-1-5-16(19)13-23/h1-8H,9-12,14-15H2. The van der Waals surface area contributed by atoms with Crippen LogP contribution in [0.5, 0.6) is 5.75 Å². The molecular weight excluding hydrogens is 394 g/mol. The maximum atomic E-state index is 12.3. The van der Waals surface area contributed by atoms with Crippen LogP contribution in [0.25, 0.3) is 0 Å². The Morgan fingerprint density at radius 2 is 1.69 bits per heavy atom. The Morgan fingerprint density at radius 1 is 1.00 bits per heavy atom. The number of nitriles is 1. The summed E-state index contributed by atoms with van der Waals surface area (Å²) in [6.07, 6.45) is 0. The van der Waals surface area contributed by atoms with Gasteiger partial charge in [0.1, 0.15) is 11.8 Å². The summed E-state index contributed by atoms with van der Waals surface area (Å²) >= 11 is 6.22. The Morgan fingerprint density at radius 3 is 2.41 bits per heavy atom. The number of anilines is 1. The average Bonchev–Trinajstić information content (AvgIpc) is 2.76. The molecule has 0 unspecified atom stereocenters. The number of ether oxygens (including phenoxy) is 2. The highest BCUT2D eigenvalue weighted by molar-refractivity contribution is 6.33. The highest BCUT2D eigenvalue weighted by Gasteiger charge is 2.23. The van der Waals surface area contributed by atoms with Gasteiger partial charge in [-0.3, -0.25) is 4.79 Å². The summed E-state index contributed by atoms with van der Waals surface area (Å²) in [6.45, 7) is 1.64. The number of amides is 1. The lowest BCUT2D eigenvalue weighted by Crippen LogP contribution is -2.50. The zero-order chi connectivity index (χ0) is 20.6. The quantitative estimate of drug-likeness (QED) is 0.676. The Balaban J connectivity index is 1.41. The monoisotopic (exact) mass is 413 g/mol. The van der Waals surface area contributed by atoms with E-state index in [9.17, 15) is 9.59 Å². The number of piperazine rings is 1. The van der Waals surface area contributed by atoms with Crippen molar-refractivity contribution in [2.24, 2.45) is 0 Å². The van der Waals surface area contributed by atoms with Gasteiger partial charge in [-0.2, -0.15) is 5.26 Å². The van der Waals surface area contributed by atoms with E-state index in [0.29, 0.717) is 42.5 Å². The van der Waals surface area contributed by atoms with Crippen LogP contribution in [0.1, 0.15) is 5.56 Å². The van der Waals surface area contributed by atoms with Crippen molar-refractivity contribution in [1.29, 1.82) is 5.26 Å². The first-order chi connectivity index (χ1) is 14.1. The molecule has 0 aliphatic carbocycles. The number of benzene rings is 2. The predicted octanol–water partition coefficient (Wildman–Crippen LogP) is 2.48. The summed E-state index contributed by atoms with van der Waals surface area (Å²) in [5.74, 6) is -0.621. The molecule has 0 spiro atoms. The molecular formula is C21H20ClN3O4. The van der Waals surface area contributed by atoms with Crippen molar-refractivity contribution in [2.45, 2.75) is 0 Å². The molecule has 0 saturated carbocycles. The van der Waals surface area contributed by atoms with Crippen molar-refractivity contribution in [3.05, 3.63) is 59.1 Å². The van der Waals surface area contributed by atoms with E-state index in [0.717, 1.165) is 5.69 Å². The maximum absolute atomic E-state index is 12.3. The van der Waals surface area contributed by atoms with Gasteiger partial charge in [-0.05, 0) is 24.3 Å². The van der Waals surface area contributed by atoms with Crippen molar-refractivity contribution in [2.75, 3.05) is 44.3 Å². The van der Waals surface area contributed by atoms with Crippen molar-refractivity contribution in [1.82, 2.24) is 4.90 Å². The van der Waals surface area contributed by atoms with Crippen molar-refractivity contribution < 1.29 is 19.1 Å². The van der Waals surface area contributed by atoms with Gasteiger partial charge in [0.05, 0.1) is 16.3 Å². The summed E-state index contributed by atoms with van der Waals surface area (Å²) in [6, 6.07) is 16.2. The minimum Gasteiger partial charge on any atom is -0.481 e. The second-order valence-corrected chi connectivity index (χ2v) is 6.78. The van der Waals surface area contributed by atoms with E-state index >= 15 is 0 Å². The summed E-state index contributed by atoms with van der Waals surface area (Å²) < 4.78 is 10.3. The molecule has 0 bridgehead atoms. The molecule has 150 valence electrons. The summed E-state index contributed by atoms with van der Waals surface area (Å²) in [5.41, 5.74) is 1.27. The second-order valence-electron chi connectivity index (χ2n) is 6.38. The summed E-state index contributed by atoms with van der Waals surface area (Å²) in [7, 11) is 0. The van der Waals surface area contributed by atoms with Crippen LogP contribution in [0.15, 0.2) is 48.5 Å². The van der Waals surface area contributed by atoms with Gasteiger partial charge in [-0.15, -0.1) is 0 Å². The predicted molar refractivity (Wildman–Crippen MR) is 108 cm³/mol. The molecule has 3 rings (SSSR count). The molecule has 2 aromatic rings. The zero-order valence-electron chi connectivity index (χ0n) is 15.7. The van der Waals surface area contributed by atoms with Crippen LogP contribution in [0.3, 0.4) is 0 Å². The van der Waals surface area contributed by atoms with Crippen LogP contribution in [-0.2, 0) is 14.3 Å². The van der Waals surface area contributed by atoms with E-state index in [-0.39, 0.29) is 19.1 Å². The molecule has 1 heterocycles. The first-order valence-electron chi connectivity index (χ1n) is 9.13. The molecule has 0 radical (unpaired) electrons. The molecule has 0 atom stereocenters. The van der Waals surface area contributed by atoms with E-state index in [4.69, 9.17) is 26.3 Å². The number of nitrogens with zero attached hydrogens (tertiary/aromatic N) is 3. The minimum absolute atomic E-state index is 0.255. The number of carbonyl (C=O) groups excluding carboxylic acids is 2. The fourth-order valence-electron chi connectivity index (χ4n) is 3.00. The molecule has 29 heavy (non-hydrogen) atoms. The largest absolute Gasteiger partial charge is 0.481 e. The van der Waals surface area contributed by atoms with Crippen molar-refractivity contribution in [3.8, 4) is 11.8 Å². The fraction of sp³-hybridized carbons (Fsp3) is 0.286. The van der Waals surface area contributed by atoms with E-state index < -0.39 is 5.97 Å². The van der Waals surface area contributed by atoms with Crippen molar-refractivity contribution in [3.63, 3.8) is 0 Å². The van der Waals surface area contributed by atoms with Gasteiger partial charge in [-0.1, -0.05) is 35.9 Å². The van der Waals surface area contributed by atoms with Crippen LogP contribution >= 0.6 is 11.6 Å². The van der Waals surface area contributed by atoms with Crippen LogP contribution in [-0.4, -0.2) is 56.2 Å². The lowest BCUT2D eigenvalue weighted by Gasteiger charge is -2.36. The Hall–Kier alpha value is -3.24. The van der Waals surface area contributed by atoms with Gasteiger partial charge in [-0.25, -0.2) is 4.79 Å². The molecule has 8 heteroatoms. The minimum atomic E-state index is -0.666. The topological polar surface area (TPSA) is 82.9 Å². The molecule has 2 aromatic carbocycles. The average molecular weight is 414 g/mol. The number of hydrogen-bond donors (Lipinski definition) is 0. The lowest BCUT2D eigenvalue weighted by atomic mass is 10.2. The summed E-state index contributed by atoms with van der Waals surface area (Å²) in [4.78, 5) is 27.9. The second kappa shape index (κ2) is 9.80. The molecule has 1 fully saturated rings. The van der Waals surface area contributed by atoms with Gasteiger partial charge in [0, 0.05) is 26.2 Å². The van der Waals surface area contributed by atoms with Crippen LogP contribution < -0.4 is 9.64 Å². The number of esters is 1. The third-order valence-electron chi connectivity index (χ3n) is 4.54. The first kappa shape index (κ1) is 20.5. The maximum Gasteiger partial charge on any atom is 0.344 e. The number of halogens is 1. The molecule has 1 amide bonds. The highest BCUT2D eigenvalue weighted by Crippen LogP contribution is 2.26. The number of rotatable bonds is 6. The molecule has 1 aliphatic rings. The zero-order valence-corrected chi connectivity index (χ0v) is 16.5. The molecule has 1 saturated heterocycles. The fourth-order valence-corrected chi connectivity index (χ4v) is 3.26. The van der Waals surface area contributed by atoms with Gasteiger partial charge in [0.15, 0.2) is 13.2 Å². The summed E-state index contributed by atoms with van der Waals surface area (Å²) in [5, 5.41) is 9.68. The van der Waals surface area contributed by atoms with E-state index in [1.807, 2.05) is 30.3 Å². The van der Waals surface area contributed by atoms with Gasteiger partial charge in [0.2, 0.25) is 0 Å². The smallest absolute Gasteiger partial charge is 0.344 e. The van der Waals surface area contributed by atoms with E-state index in [1.54, 1.807) is 29.2 Å². The Bertz CT molecular complexity index is 920. The lowest BCUT2D eigenvalue weighted by molar-refractivity contribution is -0.153. The van der Waals surface area contributed by atoms with Gasteiger partial charge < -0.3 is 19.3 Å². The molecule has 0 aromatic heterocycles. The van der Waals surface area contributed by atoms with Crippen LogP contribution in [0.4, 0.5) is 5.69 Å². The van der Waals surface area contributed by atoms with Gasteiger partial charge >= 0.3 is 5.97 Å². The third-order valence-corrected chi connectivity index (χ3v) is 4.85. The highest BCUT2D eigenvalue weighted by atomic mass is 35.5. The van der Waals surface area contributed by atoms with Crippen LogP contribution in [0.2, 0.25) is 5.02 Å². The van der Waals surface area contributed by atoms with Crippen LogP contribution in [0, 0.1) is 11.3 Å². The molecule has 0 N–H and O–H groups in total. The number of hydrogen-bond acceptors (Lipinski definition) is 6. The van der Waals surface area contributed by atoms with E-state index in [2.05, 4.69) is 4.90 Å². The first-order valence-corrected chi connectivity index (χ1v) is 9.51. The number of carbonyl (C=O) groups is 2. The van der Waals surface area contributed by atoms with Gasteiger partial charge in [0.25, 0.3) is 5.91 Å². The molecule has 7 nitrogen and oxygen atoms in total. The third kappa shape index (κ3) is 5.39. The Labute approximate surface area is 174 Å². The van der Waals surface area contributed by atoms with E-state index in [1.165, 1.54) is 0 Å². The number of para-hydroxylation sites is 2. The Kier molecular flexibility index (Phi) is 6.93. The SMILES string of the molecule is N#Cc1ccccc1OCC(=O)OCC(=O)N1CCN(c2ccccc2Cl)CC1.